The highest BCUT2D eigenvalue weighted by atomic mass is 16.6. The van der Waals surface area contributed by atoms with E-state index in [2.05, 4.69) is 5.32 Å². The first-order chi connectivity index (χ1) is 10.7. The molecule has 1 N–H and O–H groups in total. The van der Waals surface area contributed by atoms with Crippen LogP contribution in [0.5, 0.6) is 0 Å². The Morgan fingerprint density at radius 1 is 1.26 bits per heavy atom. The molecule has 23 heavy (non-hydrogen) atoms. The number of rotatable bonds is 3. The Morgan fingerprint density at radius 2 is 1.91 bits per heavy atom. The number of nitrogens with zero attached hydrogens (tertiary/aromatic N) is 1. The first-order valence-electron chi connectivity index (χ1n) is 7.56. The van der Waals surface area contributed by atoms with E-state index in [0.29, 0.717) is 6.42 Å². The fourth-order valence-corrected chi connectivity index (χ4v) is 2.64. The standard InChI is InChI=1S/C17H22N2O4/c1-11(20)19-13-8-6-5-7-12(13)9-14(19)16(22)18-10-15(21)23-17(2,3)4/h5-8,14H,9-10H2,1-4H3,(H,18,22)/t14-/m0/s1. The van der Waals surface area contributed by atoms with Gasteiger partial charge in [0.1, 0.15) is 18.2 Å². The average molecular weight is 318 g/mol. The number of carbonyl (C=O) groups excluding carboxylic acids is 3. The highest BCUT2D eigenvalue weighted by molar-refractivity contribution is 6.02. The second-order valence-electron chi connectivity index (χ2n) is 6.54. The molecular weight excluding hydrogens is 296 g/mol. The van der Waals surface area contributed by atoms with Crippen molar-refractivity contribution in [2.75, 3.05) is 11.4 Å². The zero-order valence-corrected chi connectivity index (χ0v) is 13.9. The molecule has 0 radical (unpaired) electrons. The Kier molecular flexibility index (Phi) is 4.73. The molecule has 6 heteroatoms. The molecule has 0 aromatic heterocycles. The van der Waals surface area contributed by atoms with E-state index in [-0.39, 0.29) is 18.4 Å². The van der Waals surface area contributed by atoms with Crippen LogP contribution in [0, 0.1) is 0 Å². The van der Waals surface area contributed by atoms with Gasteiger partial charge in [0.05, 0.1) is 0 Å². The van der Waals surface area contributed by atoms with Crippen molar-refractivity contribution in [2.24, 2.45) is 0 Å². The van der Waals surface area contributed by atoms with Gasteiger partial charge in [-0.05, 0) is 32.4 Å². The second-order valence-corrected chi connectivity index (χ2v) is 6.54. The van der Waals surface area contributed by atoms with Crippen molar-refractivity contribution in [3.05, 3.63) is 29.8 Å². The van der Waals surface area contributed by atoms with Gasteiger partial charge in [0.15, 0.2) is 0 Å². The molecule has 2 rings (SSSR count). The van der Waals surface area contributed by atoms with Crippen LogP contribution in [0.1, 0.15) is 33.3 Å². The summed E-state index contributed by atoms with van der Waals surface area (Å²) in [4.78, 5) is 37.5. The summed E-state index contributed by atoms with van der Waals surface area (Å²) in [6, 6.07) is 6.78. The van der Waals surface area contributed by atoms with Crippen LogP contribution in [0.4, 0.5) is 5.69 Å². The van der Waals surface area contributed by atoms with Crippen LogP contribution in [0.25, 0.3) is 0 Å². The lowest BCUT2D eigenvalue weighted by Crippen LogP contribution is -2.48. The summed E-state index contributed by atoms with van der Waals surface area (Å²) in [5.74, 6) is -1.06. The minimum absolute atomic E-state index is 0.202. The van der Waals surface area contributed by atoms with Gasteiger partial charge in [-0.2, -0.15) is 0 Å². The minimum Gasteiger partial charge on any atom is -0.459 e. The molecule has 0 aliphatic carbocycles. The van der Waals surface area contributed by atoms with Crippen molar-refractivity contribution in [1.29, 1.82) is 0 Å². The van der Waals surface area contributed by atoms with Gasteiger partial charge in [-0.15, -0.1) is 0 Å². The molecule has 1 aromatic carbocycles. The number of fused-ring (bicyclic) bond motifs is 1. The van der Waals surface area contributed by atoms with Gasteiger partial charge < -0.3 is 10.1 Å². The molecule has 0 saturated carbocycles. The van der Waals surface area contributed by atoms with E-state index in [1.165, 1.54) is 11.8 Å². The zero-order chi connectivity index (χ0) is 17.2. The average Bonchev–Trinajstić information content (AvgIpc) is 2.82. The number of benzene rings is 1. The van der Waals surface area contributed by atoms with Crippen molar-refractivity contribution in [1.82, 2.24) is 5.32 Å². The van der Waals surface area contributed by atoms with Crippen LogP contribution in [-0.4, -0.2) is 36.0 Å². The minimum atomic E-state index is -0.632. The largest absolute Gasteiger partial charge is 0.459 e. The summed E-state index contributed by atoms with van der Waals surface area (Å²) in [5, 5.41) is 2.56. The molecule has 1 heterocycles. The lowest BCUT2D eigenvalue weighted by Gasteiger charge is -2.24. The van der Waals surface area contributed by atoms with E-state index in [4.69, 9.17) is 4.74 Å². The molecule has 124 valence electrons. The lowest BCUT2D eigenvalue weighted by atomic mass is 10.1. The van der Waals surface area contributed by atoms with E-state index in [1.54, 1.807) is 20.8 Å². The first-order valence-corrected chi connectivity index (χ1v) is 7.56. The van der Waals surface area contributed by atoms with Crippen molar-refractivity contribution < 1.29 is 19.1 Å². The van der Waals surface area contributed by atoms with E-state index < -0.39 is 17.6 Å². The molecule has 1 aliphatic heterocycles. The number of para-hydroxylation sites is 1. The van der Waals surface area contributed by atoms with Crippen molar-refractivity contribution >= 4 is 23.5 Å². The molecule has 0 saturated heterocycles. The van der Waals surface area contributed by atoms with Crippen molar-refractivity contribution in [3.8, 4) is 0 Å². The molecule has 0 spiro atoms. The maximum Gasteiger partial charge on any atom is 0.325 e. The smallest absolute Gasteiger partial charge is 0.325 e. The summed E-state index contributed by atoms with van der Waals surface area (Å²) in [7, 11) is 0. The Balaban J connectivity index is 2.03. The monoisotopic (exact) mass is 318 g/mol. The fourth-order valence-electron chi connectivity index (χ4n) is 2.64. The van der Waals surface area contributed by atoms with Crippen molar-refractivity contribution in [3.63, 3.8) is 0 Å². The highest BCUT2D eigenvalue weighted by Crippen LogP contribution is 2.32. The number of anilines is 1. The maximum atomic E-state index is 12.4. The summed E-state index contributed by atoms with van der Waals surface area (Å²) < 4.78 is 5.15. The molecular formula is C17H22N2O4. The molecule has 0 fully saturated rings. The van der Waals surface area contributed by atoms with E-state index >= 15 is 0 Å². The Morgan fingerprint density at radius 3 is 2.52 bits per heavy atom. The number of carbonyl (C=O) groups is 3. The summed E-state index contributed by atoms with van der Waals surface area (Å²) >= 11 is 0. The highest BCUT2D eigenvalue weighted by Gasteiger charge is 2.36. The predicted molar refractivity (Wildman–Crippen MR) is 85.9 cm³/mol. The third-order valence-corrected chi connectivity index (χ3v) is 3.44. The molecule has 1 aliphatic rings. The van der Waals surface area contributed by atoms with E-state index in [1.807, 2.05) is 24.3 Å². The van der Waals surface area contributed by atoms with Gasteiger partial charge in [-0.1, -0.05) is 18.2 Å². The van der Waals surface area contributed by atoms with Gasteiger partial charge >= 0.3 is 5.97 Å². The Labute approximate surface area is 135 Å². The summed E-state index contributed by atoms with van der Waals surface area (Å²) in [6.07, 6.45) is 0.440. The molecule has 0 unspecified atom stereocenters. The maximum absolute atomic E-state index is 12.4. The summed E-state index contributed by atoms with van der Waals surface area (Å²) in [6.45, 7) is 6.50. The van der Waals surface area contributed by atoms with Gasteiger partial charge in [-0.3, -0.25) is 19.3 Å². The summed E-state index contributed by atoms with van der Waals surface area (Å²) in [5.41, 5.74) is 1.09. The molecule has 6 nitrogen and oxygen atoms in total. The SMILES string of the molecule is CC(=O)N1c2ccccc2C[C@H]1C(=O)NCC(=O)OC(C)(C)C. The quantitative estimate of drug-likeness (QED) is 0.855. The topological polar surface area (TPSA) is 75.7 Å². The zero-order valence-electron chi connectivity index (χ0n) is 13.9. The number of amides is 2. The fraction of sp³-hybridized carbons (Fsp3) is 0.471. The van der Waals surface area contributed by atoms with Crippen LogP contribution in [0.3, 0.4) is 0 Å². The third kappa shape index (κ3) is 4.09. The number of esters is 1. The molecule has 2 amide bonds. The molecule has 1 aromatic rings. The number of ether oxygens (including phenoxy) is 1. The van der Waals surface area contributed by atoms with Crippen LogP contribution in [0.15, 0.2) is 24.3 Å². The van der Waals surface area contributed by atoms with E-state index in [0.717, 1.165) is 11.3 Å². The Bertz CT molecular complexity index is 634. The van der Waals surface area contributed by atoms with Crippen LogP contribution < -0.4 is 10.2 Å². The van der Waals surface area contributed by atoms with Crippen LogP contribution in [0.2, 0.25) is 0 Å². The van der Waals surface area contributed by atoms with Gasteiger partial charge in [0.2, 0.25) is 11.8 Å². The van der Waals surface area contributed by atoms with Gasteiger partial charge in [0.25, 0.3) is 0 Å². The number of hydrogen-bond acceptors (Lipinski definition) is 4. The Hall–Kier alpha value is -2.37. The second kappa shape index (κ2) is 6.40. The van der Waals surface area contributed by atoms with Crippen molar-refractivity contribution in [2.45, 2.75) is 45.8 Å². The van der Waals surface area contributed by atoms with Gasteiger partial charge in [0, 0.05) is 19.0 Å². The molecule has 0 bridgehead atoms. The number of hydrogen-bond donors (Lipinski definition) is 1. The molecule has 1 atom stereocenters. The van der Waals surface area contributed by atoms with Gasteiger partial charge in [-0.25, -0.2) is 0 Å². The predicted octanol–water partition coefficient (Wildman–Crippen LogP) is 1.42. The van der Waals surface area contributed by atoms with Crippen LogP contribution in [-0.2, 0) is 25.5 Å². The van der Waals surface area contributed by atoms with E-state index in [9.17, 15) is 14.4 Å². The first kappa shape index (κ1) is 17.0. The normalized spacial score (nSPS) is 16.7. The number of nitrogens with one attached hydrogen (secondary N) is 1. The van der Waals surface area contributed by atoms with Crippen LogP contribution >= 0.6 is 0 Å². The lowest BCUT2D eigenvalue weighted by molar-refractivity contribution is -0.154. The third-order valence-electron chi connectivity index (χ3n) is 3.44.